The van der Waals surface area contributed by atoms with E-state index in [1.807, 2.05) is 0 Å². The van der Waals surface area contributed by atoms with Gasteiger partial charge in [0.25, 0.3) is 0 Å². The van der Waals surface area contributed by atoms with Gasteiger partial charge in [-0.15, -0.1) is 0 Å². The summed E-state index contributed by atoms with van der Waals surface area (Å²) in [4.78, 5) is 9.41. The van der Waals surface area contributed by atoms with Gasteiger partial charge in [-0.25, -0.2) is 9.97 Å². The Morgan fingerprint density at radius 2 is 2.05 bits per heavy atom. The van der Waals surface area contributed by atoms with Crippen LogP contribution in [0.2, 0.25) is 0 Å². The molecule has 2 aromatic rings. The maximum atomic E-state index is 4.73. The van der Waals surface area contributed by atoms with Crippen molar-refractivity contribution in [1.29, 1.82) is 0 Å². The van der Waals surface area contributed by atoms with E-state index in [4.69, 9.17) is 4.98 Å². The molecule has 4 heteroatoms. The third-order valence-electron chi connectivity index (χ3n) is 3.51. The largest absolute Gasteiger partial charge is 0.311 e. The first-order valence-corrected chi connectivity index (χ1v) is 7.28. The Morgan fingerprint density at radius 1 is 1.21 bits per heavy atom. The molecule has 0 atom stereocenters. The Labute approximate surface area is 121 Å². The van der Waals surface area contributed by atoms with Crippen LogP contribution in [0.1, 0.15) is 22.5 Å². The molecule has 3 rings (SSSR count). The molecule has 0 bridgehead atoms. The Balaban J connectivity index is 2.13. The predicted molar refractivity (Wildman–Crippen MR) is 80.1 cm³/mol. The quantitative estimate of drug-likeness (QED) is 0.878. The van der Waals surface area contributed by atoms with Crippen molar-refractivity contribution in [2.24, 2.45) is 0 Å². The van der Waals surface area contributed by atoms with Crippen molar-refractivity contribution in [3.8, 4) is 11.4 Å². The lowest BCUT2D eigenvalue weighted by Crippen LogP contribution is -2.26. The van der Waals surface area contributed by atoms with Crippen LogP contribution in [0, 0.1) is 13.8 Å². The highest BCUT2D eigenvalue weighted by atomic mass is 79.9. The molecule has 0 saturated heterocycles. The average molecular weight is 318 g/mol. The maximum absolute atomic E-state index is 4.73. The third-order valence-corrected chi connectivity index (χ3v) is 4.17. The number of hydrogen-bond acceptors (Lipinski definition) is 3. The third kappa shape index (κ3) is 2.42. The molecule has 3 nitrogen and oxygen atoms in total. The minimum absolute atomic E-state index is 0.812. The summed E-state index contributed by atoms with van der Waals surface area (Å²) in [7, 11) is 0. The van der Waals surface area contributed by atoms with Crippen molar-refractivity contribution in [3.63, 3.8) is 0 Å². The van der Waals surface area contributed by atoms with Gasteiger partial charge in [-0.3, -0.25) is 0 Å². The van der Waals surface area contributed by atoms with Gasteiger partial charge in [-0.1, -0.05) is 22.0 Å². The van der Waals surface area contributed by atoms with Gasteiger partial charge in [0.1, 0.15) is 0 Å². The first kappa shape index (κ1) is 12.8. The molecule has 0 amide bonds. The lowest BCUT2D eigenvalue weighted by atomic mass is 10.0. The number of nitrogens with one attached hydrogen (secondary N) is 1. The molecule has 0 radical (unpaired) electrons. The molecule has 0 unspecified atom stereocenters. The summed E-state index contributed by atoms with van der Waals surface area (Å²) in [6, 6.07) is 6.28. The normalized spacial score (nSPS) is 14.3. The lowest BCUT2D eigenvalue weighted by Gasteiger charge is -2.19. The fourth-order valence-corrected chi connectivity index (χ4v) is 3.14. The van der Waals surface area contributed by atoms with Crippen LogP contribution in [0.25, 0.3) is 11.4 Å². The Morgan fingerprint density at radius 3 is 2.84 bits per heavy atom. The number of halogens is 1. The number of aromatic nitrogens is 2. The molecule has 1 aromatic heterocycles. The van der Waals surface area contributed by atoms with Crippen LogP contribution in [0.4, 0.5) is 0 Å². The molecule has 19 heavy (non-hydrogen) atoms. The Kier molecular flexibility index (Phi) is 3.37. The summed E-state index contributed by atoms with van der Waals surface area (Å²) in [5, 5.41) is 3.37. The molecule has 0 fully saturated rings. The molecular formula is C15H16BrN3. The smallest absolute Gasteiger partial charge is 0.160 e. The molecule has 1 N–H and O–H groups in total. The number of fused-ring (bicyclic) bond motifs is 1. The second-order valence-corrected chi connectivity index (χ2v) is 5.82. The zero-order valence-corrected chi connectivity index (χ0v) is 12.7. The number of rotatable bonds is 1. The zero-order chi connectivity index (χ0) is 13.4. The monoisotopic (exact) mass is 317 g/mol. The van der Waals surface area contributed by atoms with Crippen LogP contribution in [0.3, 0.4) is 0 Å². The van der Waals surface area contributed by atoms with Crippen LogP contribution in [-0.4, -0.2) is 16.5 Å². The molecule has 2 heterocycles. The highest BCUT2D eigenvalue weighted by molar-refractivity contribution is 9.10. The lowest BCUT2D eigenvalue weighted by molar-refractivity contribution is 0.620. The summed E-state index contributed by atoms with van der Waals surface area (Å²) < 4.78 is 1.05. The fraction of sp³-hybridized carbons (Fsp3) is 0.333. The minimum Gasteiger partial charge on any atom is -0.311 e. The van der Waals surface area contributed by atoms with E-state index in [2.05, 4.69) is 58.3 Å². The average Bonchev–Trinajstić information content (AvgIpc) is 2.38. The summed E-state index contributed by atoms with van der Waals surface area (Å²) in [5.41, 5.74) is 5.84. The molecule has 0 saturated carbocycles. The fourth-order valence-electron chi connectivity index (χ4n) is 2.47. The van der Waals surface area contributed by atoms with Crippen LogP contribution in [-0.2, 0) is 13.0 Å². The van der Waals surface area contributed by atoms with Crippen molar-refractivity contribution in [1.82, 2.24) is 15.3 Å². The van der Waals surface area contributed by atoms with Crippen molar-refractivity contribution in [3.05, 3.63) is 45.2 Å². The van der Waals surface area contributed by atoms with Crippen molar-refractivity contribution >= 4 is 15.9 Å². The van der Waals surface area contributed by atoms with E-state index in [-0.39, 0.29) is 0 Å². The maximum Gasteiger partial charge on any atom is 0.160 e. The first-order valence-electron chi connectivity index (χ1n) is 6.49. The summed E-state index contributed by atoms with van der Waals surface area (Å²) in [6.45, 7) is 6.02. The topological polar surface area (TPSA) is 37.8 Å². The molecular weight excluding hydrogens is 302 g/mol. The minimum atomic E-state index is 0.812. The molecule has 1 aromatic carbocycles. The summed E-state index contributed by atoms with van der Waals surface area (Å²) >= 11 is 3.61. The zero-order valence-electron chi connectivity index (χ0n) is 11.1. The second kappa shape index (κ2) is 5.02. The van der Waals surface area contributed by atoms with Gasteiger partial charge in [0, 0.05) is 22.3 Å². The van der Waals surface area contributed by atoms with Gasteiger partial charge in [0.15, 0.2) is 5.82 Å². The van der Waals surface area contributed by atoms with Crippen molar-refractivity contribution in [2.75, 3.05) is 6.54 Å². The molecule has 98 valence electrons. The molecule has 1 aliphatic heterocycles. The predicted octanol–water partition coefficient (Wildman–Crippen LogP) is 3.17. The highest BCUT2D eigenvalue weighted by Gasteiger charge is 2.16. The van der Waals surface area contributed by atoms with Gasteiger partial charge in [0.05, 0.1) is 5.69 Å². The van der Waals surface area contributed by atoms with E-state index in [0.29, 0.717) is 0 Å². The number of aryl methyl sites for hydroxylation is 2. The number of benzene rings is 1. The molecule has 0 spiro atoms. The van der Waals surface area contributed by atoms with Crippen LogP contribution >= 0.6 is 15.9 Å². The van der Waals surface area contributed by atoms with Gasteiger partial charge < -0.3 is 5.32 Å². The molecule has 0 aliphatic carbocycles. The van der Waals surface area contributed by atoms with E-state index in [1.165, 1.54) is 11.1 Å². The van der Waals surface area contributed by atoms with Crippen molar-refractivity contribution < 1.29 is 0 Å². The standard InChI is InChI=1S/C15H16BrN3/c1-9-3-4-12(13(16)7-9)15-18-10(2)11-5-6-17-8-14(11)19-15/h3-4,7,17H,5-6,8H2,1-2H3. The van der Waals surface area contributed by atoms with E-state index in [0.717, 1.165) is 46.8 Å². The summed E-state index contributed by atoms with van der Waals surface area (Å²) in [6.07, 6.45) is 1.02. The van der Waals surface area contributed by atoms with Gasteiger partial charge >= 0.3 is 0 Å². The summed E-state index contributed by atoms with van der Waals surface area (Å²) in [5.74, 6) is 0.812. The molecule has 1 aliphatic rings. The van der Waals surface area contributed by atoms with Gasteiger partial charge in [-0.05, 0) is 50.1 Å². The van der Waals surface area contributed by atoms with Crippen molar-refractivity contribution in [2.45, 2.75) is 26.8 Å². The van der Waals surface area contributed by atoms with E-state index < -0.39 is 0 Å². The van der Waals surface area contributed by atoms with E-state index >= 15 is 0 Å². The van der Waals surface area contributed by atoms with E-state index in [1.54, 1.807) is 0 Å². The van der Waals surface area contributed by atoms with Crippen LogP contribution in [0.15, 0.2) is 22.7 Å². The van der Waals surface area contributed by atoms with Crippen LogP contribution < -0.4 is 5.32 Å². The Bertz CT molecular complexity index is 638. The SMILES string of the molecule is Cc1ccc(-c2nc(C)c3c(n2)CNCC3)c(Br)c1. The van der Waals surface area contributed by atoms with Gasteiger partial charge in [-0.2, -0.15) is 0 Å². The second-order valence-electron chi connectivity index (χ2n) is 4.97. The van der Waals surface area contributed by atoms with E-state index in [9.17, 15) is 0 Å². The Hall–Kier alpha value is -1.26. The van der Waals surface area contributed by atoms with Crippen LogP contribution in [0.5, 0.6) is 0 Å². The number of nitrogens with zero attached hydrogens (tertiary/aromatic N) is 2. The first-order chi connectivity index (χ1) is 9.15. The number of hydrogen-bond donors (Lipinski definition) is 1. The highest BCUT2D eigenvalue weighted by Crippen LogP contribution is 2.28. The van der Waals surface area contributed by atoms with Gasteiger partial charge in [0.2, 0.25) is 0 Å².